The number of hydrogen-bond acceptors (Lipinski definition) is 3. The molecule has 0 radical (unpaired) electrons. The van der Waals surface area contributed by atoms with Crippen LogP contribution in [-0.4, -0.2) is 16.8 Å². The monoisotopic (exact) mass is 269 g/mol. The minimum atomic E-state index is -0.562. The highest BCUT2D eigenvalue weighted by Crippen LogP contribution is 2.14. The zero-order valence-corrected chi connectivity index (χ0v) is 10.9. The molecule has 0 atom stereocenters. The summed E-state index contributed by atoms with van der Waals surface area (Å²) in [5.41, 5.74) is 7.00. The number of para-hydroxylation sites is 1. The third-order valence-electron chi connectivity index (χ3n) is 2.83. The lowest BCUT2D eigenvalue weighted by atomic mass is 10.1. The van der Waals surface area contributed by atoms with Gasteiger partial charge in [0.2, 0.25) is 5.91 Å². The second-order valence-electron chi connectivity index (χ2n) is 4.32. The van der Waals surface area contributed by atoms with Crippen LogP contribution < -0.4 is 11.1 Å². The van der Waals surface area contributed by atoms with Crippen molar-refractivity contribution in [1.82, 2.24) is 4.98 Å². The Kier molecular flexibility index (Phi) is 4.44. The first-order valence-corrected chi connectivity index (χ1v) is 6.24. The van der Waals surface area contributed by atoms with E-state index >= 15 is 0 Å². The van der Waals surface area contributed by atoms with Gasteiger partial charge in [0, 0.05) is 18.8 Å². The summed E-state index contributed by atoms with van der Waals surface area (Å²) in [6, 6.07) is 10.4. The van der Waals surface area contributed by atoms with Crippen molar-refractivity contribution in [2.24, 2.45) is 5.73 Å². The van der Waals surface area contributed by atoms with E-state index in [1.807, 2.05) is 12.1 Å². The molecule has 2 amide bonds. The molecule has 1 aromatic heterocycles. The van der Waals surface area contributed by atoms with E-state index in [1.165, 1.54) is 0 Å². The number of pyridine rings is 1. The fourth-order valence-electron chi connectivity index (χ4n) is 1.82. The molecule has 0 aliphatic rings. The number of primary amides is 1. The minimum absolute atomic E-state index is 0.164. The van der Waals surface area contributed by atoms with Gasteiger partial charge in [0.15, 0.2) is 0 Å². The molecule has 2 rings (SSSR count). The molecule has 2 aromatic rings. The van der Waals surface area contributed by atoms with Crippen molar-refractivity contribution < 1.29 is 9.59 Å². The number of aromatic nitrogens is 1. The fraction of sp³-hybridized carbons (Fsp3) is 0.133. The van der Waals surface area contributed by atoms with Crippen molar-refractivity contribution in [1.29, 1.82) is 0 Å². The van der Waals surface area contributed by atoms with E-state index in [4.69, 9.17) is 5.73 Å². The third-order valence-corrected chi connectivity index (χ3v) is 2.83. The van der Waals surface area contributed by atoms with Gasteiger partial charge in [0.1, 0.15) is 0 Å². The number of benzene rings is 1. The lowest BCUT2D eigenvalue weighted by Crippen LogP contribution is -2.18. The van der Waals surface area contributed by atoms with E-state index in [0.29, 0.717) is 24.1 Å². The number of carbonyl (C=O) groups is 2. The van der Waals surface area contributed by atoms with Gasteiger partial charge in [-0.25, -0.2) is 0 Å². The topological polar surface area (TPSA) is 85.1 Å². The van der Waals surface area contributed by atoms with Crippen LogP contribution in [0.5, 0.6) is 0 Å². The highest BCUT2D eigenvalue weighted by Gasteiger charge is 2.10. The van der Waals surface area contributed by atoms with E-state index in [2.05, 4.69) is 10.3 Å². The van der Waals surface area contributed by atoms with Crippen molar-refractivity contribution in [3.05, 3.63) is 59.9 Å². The highest BCUT2D eigenvalue weighted by molar-refractivity contribution is 6.02. The van der Waals surface area contributed by atoms with Crippen LogP contribution in [-0.2, 0) is 11.2 Å². The average Bonchev–Trinajstić information content (AvgIpc) is 2.46. The second-order valence-corrected chi connectivity index (χ2v) is 4.32. The molecule has 3 N–H and O–H groups in total. The van der Waals surface area contributed by atoms with E-state index in [1.54, 1.807) is 36.7 Å². The smallest absolute Gasteiger partial charge is 0.250 e. The summed E-state index contributed by atoms with van der Waals surface area (Å²) in [6.07, 6.45) is 4.33. The van der Waals surface area contributed by atoms with E-state index in [0.717, 1.165) is 5.56 Å². The Hall–Kier alpha value is -2.69. The maximum absolute atomic E-state index is 11.9. The Balaban J connectivity index is 1.97. The third kappa shape index (κ3) is 3.65. The Morgan fingerprint density at radius 1 is 1.15 bits per heavy atom. The largest absolute Gasteiger partial charge is 0.366 e. The lowest BCUT2D eigenvalue weighted by molar-refractivity contribution is -0.116. The summed E-state index contributed by atoms with van der Waals surface area (Å²) < 4.78 is 0. The number of rotatable bonds is 5. The maximum Gasteiger partial charge on any atom is 0.250 e. The first-order valence-electron chi connectivity index (χ1n) is 6.24. The Labute approximate surface area is 116 Å². The van der Waals surface area contributed by atoms with Crippen LogP contribution in [0.1, 0.15) is 22.3 Å². The first kappa shape index (κ1) is 13.7. The number of nitrogens with zero attached hydrogens (tertiary/aromatic N) is 1. The molecule has 0 saturated heterocycles. The normalized spacial score (nSPS) is 10.0. The van der Waals surface area contributed by atoms with E-state index in [-0.39, 0.29) is 5.91 Å². The second kappa shape index (κ2) is 6.47. The van der Waals surface area contributed by atoms with Gasteiger partial charge >= 0.3 is 0 Å². The van der Waals surface area contributed by atoms with Crippen LogP contribution in [0, 0.1) is 0 Å². The van der Waals surface area contributed by atoms with Gasteiger partial charge in [0.25, 0.3) is 5.91 Å². The molecule has 20 heavy (non-hydrogen) atoms. The standard InChI is InChI=1S/C15H15N3O2/c16-15(20)12-5-1-2-6-13(12)18-14(19)8-7-11-4-3-9-17-10-11/h1-6,9-10H,7-8H2,(H2,16,20)(H,18,19). The van der Waals surface area contributed by atoms with Crippen molar-refractivity contribution in [2.45, 2.75) is 12.8 Å². The average molecular weight is 269 g/mol. The molecule has 0 spiro atoms. The molecule has 0 bridgehead atoms. The van der Waals surface area contributed by atoms with Gasteiger partial charge < -0.3 is 11.1 Å². The summed E-state index contributed by atoms with van der Waals surface area (Å²) in [6.45, 7) is 0. The number of anilines is 1. The summed E-state index contributed by atoms with van der Waals surface area (Å²) >= 11 is 0. The van der Waals surface area contributed by atoms with Crippen molar-refractivity contribution in [2.75, 3.05) is 5.32 Å². The van der Waals surface area contributed by atoms with Crippen LogP contribution >= 0.6 is 0 Å². The van der Waals surface area contributed by atoms with Crippen LogP contribution in [0.25, 0.3) is 0 Å². The van der Waals surface area contributed by atoms with Crippen LogP contribution in [0.4, 0.5) is 5.69 Å². The molecular weight excluding hydrogens is 254 g/mol. The molecule has 1 aromatic carbocycles. The lowest BCUT2D eigenvalue weighted by Gasteiger charge is -2.08. The number of nitrogens with one attached hydrogen (secondary N) is 1. The molecule has 0 aliphatic heterocycles. The SMILES string of the molecule is NC(=O)c1ccccc1NC(=O)CCc1cccnc1. The molecule has 5 nitrogen and oxygen atoms in total. The summed E-state index contributed by atoms with van der Waals surface area (Å²) in [7, 11) is 0. The molecule has 5 heteroatoms. The van der Waals surface area contributed by atoms with Gasteiger partial charge in [-0.2, -0.15) is 0 Å². The molecule has 102 valence electrons. The highest BCUT2D eigenvalue weighted by atomic mass is 16.2. The van der Waals surface area contributed by atoms with Gasteiger partial charge in [-0.3, -0.25) is 14.6 Å². The van der Waals surface area contributed by atoms with Crippen molar-refractivity contribution >= 4 is 17.5 Å². The fourth-order valence-corrected chi connectivity index (χ4v) is 1.82. The minimum Gasteiger partial charge on any atom is -0.366 e. The number of amides is 2. The van der Waals surface area contributed by atoms with E-state index < -0.39 is 5.91 Å². The maximum atomic E-state index is 11.9. The predicted octanol–water partition coefficient (Wildman–Crippen LogP) is 1.75. The molecule has 0 aliphatic carbocycles. The Bertz CT molecular complexity index is 612. The van der Waals surface area contributed by atoms with Crippen LogP contribution in [0.2, 0.25) is 0 Å². The molecular formula is C15H15N3O2. The van der Waals surface area contributed by atoms with Crippen LogP contribution in [0.15, 0.2) is 48.8 Å². The van der Waals surface area contributed by atoms with Gasteiger partial charge in [0.05, 0.1) is 11.3 Å². The van der Waals surface area contributed by atoms with E-state index in [9.17, 15) is 9.59 Å². The molecule has 0 fully saturated rings. The Morgan fingerprint density at radius 2 is 1.95 bits per heavy atom. The van der Waals surface area contributed by atoms with Crippen LogP contribution in [0.3, 0.4) is 0 Å². The summed E-state index contributed by atoms with van der Waals surface area (Å²) in [5, 5.41) is 2.70. The zero-order valence-electron chi connectivity index (χ0n) is 10.9. The Morgan fingerprint density at radius 3 is 2.65 bits per heavy atom. The van der Waals surface area contributed by atoms with Crippen molar-refractivity contribution in [3.8, 4) is 0 Å². The summed E-state index contributed by atoms with van der Waals surface area (Å²) in [4.78, 5) is 27.1. The number of nitrogens with two attached hydrogens (primary N) is 1. The molecule has 0 unspecified atom stereocenters. The number of hydrogen-bond donors (Lipinski definition) is 2. The zero-order chi connectivity index (χ0) is 14.4. The molecule has 0 saturated carbocycles. The number of carbonyl (C=O) groups excluding carboxylic acids is 2. The predicted molar refractivity (Wildman–Crippen MR) is 76.1 cm³/mol. The first-order chi connectivity index (χ1) is 9.66. The molecule has 1 heterocycles. The quantitative estimate of drug-likeness (QED) is 0.867. The number of aryl methyl sites for hydroxylation is 1. The van der Waals surface area contributed by atoms with Gasteiger partial charge in [-0.15, -0.1) is 0 Å². The van der Waals surface area contributed by atoms with Gasteiger partial charge in [-0.1, -0.05) is 18.2 Å². The van der Waals surface area contributed by atoms with Gasteiger partial charge in [-0.05, 0) is 30.2 Å². The van der Waals surface area contributed by atoms with Crippen molar-refractivity contribution in [3.63, 3.8) is 0 Å². The summed E-state index contributed by atoms with van der Waals surface area (Å²) in [5.74, 6) is -0.726.